The molecule has 1 aromatic carbocycles. The minimum Gasteiger partial charge on any atom is -0.478 e. The van der Waals surface area contributed by atoms with E-state index < -0.39 is 11.2 Å². The number of imide groups is 1. The molecule has 1 saturated heterocycles. The average molecular weight is 349 g/mol. The highest BCUT2D eigenvalue weighted by atomic mass is 32.2. The summed E-state index contributed by atoms with van der Waals surface area (Å²) in [6, 6.07) is 5.69. The van der Waals surface area contributed by atoms with Crippen LogP contribution in [0, 0.1) is 0 Å². The summed E-state index contributed by atoms with van der Waals surface area (Å²) in [6.45, 7) is 5.10. The lowest BCUT2D eigenvalue weighted by Gasteiger charge is -2.15. The molecule has 1 fully saturated rings. The molecule has 0 bridgehead atoms. The lowest BCUT2D eigenvalue weighted by atomic mass is 10.2. The Hall–Kier alpha value is -2.35. The van der Waals surface area contributed by atoms with E-state index in [4.69, 9.17) is 5.11 Å². The van der Waals surface area contributed by atoms with Crippen molar-refractivity contribution in [2.45, 2.75) is 25.5 Å². The molecular weight excluding hydrogens is 330 g/mol. The second-order valence-electron chi connectivity index (χ2n) is 5.04. The van der Waals surface area contributed by atoms with Crippen LogP contribution in [0.15, 0.2) is 29.3 Å². The Morgan fingerprint density at radius 3 is 2.54 bits per heavy atom. The van der Waals surface area contributed by atoms with E-state index in [1.165, 1.54) is 36.0 Å². The number of hydrogen-bond acceptors (Lipinski definition) is 5. The van der Waals surface area contributed by atoms with Gasteiger partial charge in [-0.1, -0.05) is 11.8 Å². The number of benzene rings is 1. The van der Waals surface area contributed by atoms with Gasteiger partial charge in [0.2, 0.25) is 11.8 Å². The van der Waals surface area contributed by atoms with E-state index in [0.717, 1.165) is 4.90 Å². The zero-order valence-corrected chi connectivity index (χ0v) is 14.3. The van der Waals surface area contributed by atoms with Gasteiger partial charge in [0, 0.05) is 19.5 Å². The Morgan fingerprint density at radius 1 is 1.33 bits per heavy atom. The van der Waals surface area contributed by atoms with Crippen molar-refractivity contribution in [2.75, 3.05) is 18.0 Å². The quantitative estimate of drug-likeness (QED) is 0.477. The molecule has 0 spiro atoms. The summed E-state index contributed by atoms with van der Waals surface area (Å²) >= 11 is 1.25. The minimum absolute atomic E-state index is 0.0955. The molecule has 0 unspecified atom stereocenters. The first-order valence-electron chi connectivity index (χ1n) is 7.63. The van der Waals surface area contributed by atoms with Crippen molar-refractivity contribution in [3.05, 3.63) is 29.8 Å². The summed E-state index contributed by atoms with van der Waals surface area (Å²) in [7, 11) is 0. The van der Waals surface area contributed by atoms with E-state index in [2.05, 4.69) is 10.3 Å². The number of carboxylic acids is 1. The number of thioether (sulfide) groups is 1. The predicted octanol–water partition coefficient (Wildman–Crippen LogP) is 1.74. The molecule has 1 aliphatic rings. The van der Waals surface area contributed by atoms with Crippen LogP contribution in [0.1, 0.15) is 30.6 Å². The number of carbonyl (C=O) groups is 3. The number of hydrogen-bond donors (Lipinski definition) is 2. The highest BCUT2D eigenvalue weighted by Crippen LogP contribution is 2.30. The van der Waals surface area contributed by atoms with E-state index in [0.29, 0.717) is 23.9 Å². The zero-order valence-electron chi connectivity index (χ0n) is 13.5. The smallest absolute Gasteiger partial charge is 0.335 e. The molecule has 128 valence electrons. The fourth-order valence-corrected chi connectivity index (χ4v) is 3.42. The van der Waals surface area contributed by atoms with Gasteiger partial charge in [0.15, 0.2) is 5.17 Å². The standard InChI is InChI=1S/C16H19N3O4S/c1-3-17-16(18-4-2)24-12-9-13(20)19(14(12)21)11-7-5-10(6-8-11)15(22)23/h5-8,12H,3-4,9H2,1-2H3,(H,17,18)(H,22,23)/t12-/m0/s1. The van der Waals surface area contributed by atoms with Crippen molar-refractivity contribution in [1.82, 2.24) is 5.32 Å². The molecule has 24 heavy (non-hydrogen) atoms. The fraction of sp³-hybridized carbons (Fsp3) is 0.375. The third-order valence-corrected chi connectivity index (χ3v) is 4.51. The number of aliphatic imine (C=N–C) groups is 1. The van der Waals surface area contributed by atoms with Crippen LogP contribution in [-0.4, -0.2) is 46.4 Å². The Bertz CT molecular complexity index is 672. The van der Waals surface area contributed by atoms with Gasteiger partial charge in [-0.15, -0.1) is 0 Å². The van der Waals surface area contributed by atoms with E-state index >= 15 is 0 Å². The maximum atomic E-state index is 12.6. The first-order chi connectivity index (χ1) is 11.5. The highest BCUT2D eigenvalue weighted by molar-refractivity contribution is 8.15. The Labute approximate surface area is 144 Å². The number of carbonyl (C=O) groups excluding carboxylic acids is 2. The van der Waals surface area contributed by atoms with Crippen LogP contribution in [-0.2, 0) is 9.59 Å². The summed E-state index contributed by atoms with van der Waals surface area (Å²) in [5.41, 5.74) is 0.490. The van der Waals surface area contributed by atoms with Gasteiger partial charge in [-0.3, -0.25) is 14.6 Å². The second-order valence-corrected chi connectivity index (χ2v) is 6.23. The van der Waals surface area contributed by atoms with Crippen LogP contribution < -0.4 is 10.2 Å². The number of rotatable bonds is 5. The number of aromatic carboxylic acids is 1. The Balaban J connectivity index is 2.16. The van der Waals surface area contributed by atoms with Crippen molar-refractivity contribution < 1.29 is 19.5 Å². The highest BCUT2D eigenvalue weighted by Gasteiger charge is 2.40. The van der Waals surface area contributed by atoms with E-state index in [-0.39, 0.29) is 23.8 Å². The SMILES string of the molecule is CCN=C(NCC)S[C@H]1CC(=O)N(c2ccc(C(=O)O)cc2)C1=O. The largest absolute Gasteiger partial charge is 0.478 e. The normalized spacial score (nSPS) is 18.2. The maximum Gasteiger partial charge on any atom is 0.335 e. The number of nitrogens with one attached hydrogen (secondary N) is 1. The topological polar surface area (TPSA) is 99.1 Å². The van der Waals surface area contributed by atoms with Crippen molar-refractivity contribution in [3.63, 3.8) is 0 Å². The van der Waals surface area contributed by atoms with Crippen molar-refractivity contribution in [1.29, 1.82) is 0 Å². The van der Waals surface area contributed by atoms with Crippen LogP contribution in [0.4, 0.5) is 5.69 Å². The minimum atomic E-state index is -1.06. The lowest BCUT2D eigenvalue weighted by Crippen LogP contribution is -2.32. The van der Waals surface area contributed by atoms with Crippen LogP contribution in [0.2, 0.25) is 0 Å². The third-order valence-electron chi connectivity index (χ3n) is 3.36. The average Bonchev–Trinajstić information content (AvgIpc) is 2.82. The molecule has 7 nitrogen and oxygen atoms in total. The van der Waals surface area contributed by atoms with Gasteiger partial charge in [-0.05, 0) is 38.1 Å². The van der Waals surface area contributed by atoms with Gasteiger partial charge in [0.05, 0.1) is 11.3 Å². The van der Waals surface area contributed by atoms with E-state index in [1.54, 1.807) is 0 Å². The van der Waals surface area contributed by atoms with Crippen molar-refractivity contribution >= 4 is 40.4 Å². The first kappa shape index (κ1) is 18.0. The van der Waals surface area contributed by atoms with Crippen LogP contribution in [0.5, 0.6) is 0 Å². The molecule has 2 N–H and O–H groups in total. The van der Waals surface area contributed by atoms with E-state index in [9.17, 15) is 14.4 Å². The summed E-state index contributed by atoms with van der Waals surface area (Å²) < 4.78 is 0. The van der Waals surface area contributed by atoms with Gasteiger partial charge in [-0.25, -0.2) is 9.69 Å². The number of amides is 2. The number of amidine groups is 1. The van der Waals surface area contributed by atoms with Gasteiger partial charge in [0.1, 0.15) is 5.25 Å². The molecule has 8 heteroatoms. The molecule has 1 atom stereocenters. The molecule has 1 aromatic rings. The molecule has 0 aliphatic carbocycles. The van der Waals surface area contributed by atoms with E-state index in [1.807, 2.05) is 13.8 Å². The molecule has 2 rings (SSSR count). The van der Waals surface area contributed by atoms with Crippen LogP contribution >= 0.6 is 11.8 Å². The number of anilines is 1. The van der Waals surface area contributed by atoms with Gasteiger partial charge >= 0.3 is 5.97 Å². The Morgan fingerprint density at radius 2 is 2.00 bits per heavy atom. The summed E-state index contributed by atoms with van der Waals surface area (Å²) in [5.74, 6) is -1.66. The summed E-state index contributed by atoms with van der Waals surface area (Å²) in [4.78, 5) is 41.1. The molecule has 0 radical (unpaired) electrons. The second kappa shape index (κ2) is 7.96. The molecule has 0 aromatic heterocycles. The fourth-order valence-electron chi connectivity index (χ4n) is 2.28. The summed E-state index contributed by atoms with van der Waals surface area (Å²) in [6.07, 6.45) is 0.0955. The van der Waals surface area contributed by atoms with Gasteiger partial charge in [-0.2, -0.15) is 0 Å². The molecule has 1 heterocycles. The van der Waals surface area contributed by atoms with Crippen LogP contribution in [0.3, 0.4) is 0 Å². The lowest BCUT2D eigenvalue weighted by molar-refractivity contribution is -0.121. The van der Waals surface area contributed by atoms with Gasteiger partial charge < -0.3 is 10.4 Å². The van der Waals surface area contributed by atoms with Crippen molar-refractivity contribution in [2.24, 2.45) is 4.99 Å². The molecule has 0 saturated carbocycles. The Kier molecular flexibility index (Phi) is 5.97. The molecule has 1 aliphatic heterocycles. The third kappa shape index (κ3) is 3.94. The van der Waals surface area contributed by atoms with Crippen molar-refractivity contribution in [3.8, 4) is 0 Å². The predicted molar refractivity (Wildman–Crippen MR) is 93.5 cm³/mol. The molecule has 2 amide bonds. The number of nitrogens with zero attached hydrogens (tertiary/aromatic N) is 2. The maximum absolute atomic E-state index is 12.6. The van der Waals surface area contributed by atoms with Gasteiger partial charge in [0.25, 0.3) is 0 Å². The zero-order chi connectivity index (χ0) is 17.7. The summed E-state index contributed by atoms with van der Waals surface area (Å²) in [5, 5.41) is 12.1. The number of carboxylic acid groups (broad SMARTS) is 1. The monoisotopic (exact) mass is 349 g/mol. The van der Waals surface area contributed by atoms with Crippen LogP contribution in [0.25, 0.3) is 0 Å². The first-order valence-corrected chi connectivity index (χ1v) is 8.51. The molecular formula is C16H19N3O4S.